The van der Waals surface area contributed by atoms with E-state index in [0.29, 0.717) is 13.1 Å². The minimum Gasteiger partial charge on any atom is -0.484 e. The Kier molecular flexibility index (Phi) is 5.46. The number of likely N-dealkylation sites (tertiary alicyclic amines) is 1. The summed E-state index contributed by atoms with van der Waals surface area (Å²) >= 11 is 0. The van der Waals surface area contributed by atoms with Gasteiger partial charge in [-0.3, -0.25) is 9.59 Å². The number of amides is 2. The standard InChI is InChI=1S/C15H17F3N2O3/c16-15(17,18)11-3-5-12(6-4-11)23-10-13(21)19-9-14(22)20-7-1-2-8-20/h3-6H,1-2,7-10H2,(H,19,21). The number of alkyl halides is 3. The molecule has 1 aromatic rings. The normalized spacial score (nSPS) is 14.7. The van der Waals surface area contributed by atoms with Crippen molar-refractivity contribution in [2.75, 3.05) is 26.2 Å². The first-order valence-corrected chi connectivity index (χ1v) is 7.21. The number of carbonyl (C=O) groups is 2. The van der Waals surface area contributed by atoms with Gasteiger partial charge >= 0.3 is 6.18 Å². The third-order valence-electron chi connectivity index (χ3n) is 3.45. The van der Waals surface area contributed by atoms with E-state index >= 15 is 0 Å². The van der Waals surface area contributed by atoms with Crippen molar-refractivity contribution in [3.8, 4) is 5.75 Å². The predicted octanol–water partition coefficient (Wildman–Crippen LogP) is 1.82. The van der Waals surface area contributed by atoms with Gasteiger partial charge in [-0.25, -0.2) is 0 Å². The van der Waals surface area contributed by atoms with Crippen molar-refractivity contribution in [3.63, 3.8) is 0 Å². The molecule has 126 valence electrons. The minimum atomic E-state index is -4.41. The molecule has 1 saturated heterocycles. The van der Waals surface area contributed by atoms with Gasteiger partial charge in [0.15, 0.2) is 6.61 Å². The van der Waals surface area contributed by atoms with Crippen LogP contribution in [0.2, 0.25) is 0 Å². The number of ether oxygens (including phenoxy) is 1. The van der Waals surface area contributed by atoms with Crippen LogP contribution < -0.4 is 10.1 Å². The molecule has 0 saturated carbocycles. The molecule has 1 fully saturated rings. The van der Waals surface area contributed by atoms with E-state index in [0.717, 1.165) is 37.1 Å². The summed E-state index contributed by atoms with van der Waals surface area (Å²) in [6.07, 6.45) is -2.47. The molecule has 1 heterocycles. The minimum absolute atomic E-state index is 0.102. The van der Waals surface area contributed by atoms with Crippen LogP contribution in [0.25, 0.3) is 0 Å². The first-order chi connectivity index (χ1) is 10.9. The number of halogens is 3. The van der Waals surface area contributed by atoms with Gasteiger partial charge in [0.05, 0.1) is 12.1 Å². The number of hydrogen-bond donors (Lipinski definition) is 1. The van der Waals surface area contributed by atoms with Gasteiger partial charge in [-0.15, -0.1) is 0 Å². The second-order valence-corrected chi connectivity index (χ2v) is 5.18. The third-order valence-corrected chi connectivity index (χ3v) is 3.45. The Morgan fingerprint density at radius 2 is 1.74 bits per heavy atom. The lowest BCUT2D eigenvalue weighted by atomic mass is 10.2. The summed E-state index contributed by atoms with van der Waals surface area (Å²) in [6, 6.07) is 4.05. The smallest absolute Gasteiger partial charge is 0.416 e. The van der Waals surface area contributed by atoms with Crippen LogP contribution in [0.3, 0.4) is 0 Å². The molecule has 0 bridgehead atoms. The van der Waals surface area contributed by atoms with Gasteiger partial charge in [-0.1, -0.05) is 0 Å². The summed E-state index contributed by atoms with van der Waals surface area (Å²) < 4.78 is 42.3. The van der Waals surface area contributed by atoms with Gasteiger partial charge in [0.1, 0.15) is 5.75 Å². The van der Waals surface area contributed by atoms with Crippen LogP contribution in [0, 0.1) is 0 Å². The molecule has 0 aliphatic carbocycles. The van der Waals surface area contributed by atoms with Crippen LogP contribution in [0.4, 0.5) is 13.2 Å². The lowest BCUT2D eigenvalue weighted by Gasteiger charge is -2.15. The molecule has 1 N–H and O–H groups in total. The molecule has 0 radical (unpaired) electrons. The average molecular weight is 330 g/mol. The van der Waals surface area contributed by atoms with Crippen molar-refractivity contribution in [1.82, 2.24) is 10.2 Å². The van der Waals surface area contributed by atoms with Crippen LogP contribution in [0.1, 0.15) is 18.4 Å². The monoisotopic (exact) mass is 330 g/mol. The fourth-order valence-electron chi connectivity index (χ4n) is 2.19. The summed E-state index contributed by atoms with van der Waals surface area (Å²) in [4.78, 5) is 25.0. The van der Waals surface area contributed by atoms with Crippen LogP contribution >= 0.6 is 0 Å². The molecule has 1 aromatic carbocycles. The van der Waals surface area contributed by atoms with Gasteiger partial charge in [-0.05, 0) is 37.1 Å². The van der Waals surface area contributed by atoms with Crippen molar-refractivity contribution >= 4 is 11.8 Å². The zero-order chi connectivity index (χ0) is 16.9. The molecule has 0 aromatic heterocycles. The van der Waals surface area contributed by atoms with E-state index < -0.39 is 17.6 Å². The van der Waals surface area contributed by atoms with Crippen molar-refractivity contribution < 1.29 is 27.5 Å². The fraction of sp³-hybridized carbons (Fsp3) is 0.467. The maximum absolute atomic E-state index is 12.4. The molecule has 1 aliphatic rings. The quantitative estimate of drug-likeness (QED) is 0.896. The Bertz CT molecular complexity index is 552. The zero-order valence-electron chi connectivity index (χ0n) is 12.4. The molecule has 5 nitrogen and oxygen atoms in total. The Labute approximate surface area is 131 Å². The highest BCUT2D eigenvalue weighted by atomic mass is 19.4. The van der Waals surface area contributed by atoms with Gasteiger partial charge in [0.25, 0.3) is 5.91 Å². The largest absolute Gasteiger partial charge is 0.484 e. The SMILES string of the molecule is O=C(COc1ccc(C(F)(F)F)cc1)NCC(=O)N1CCCC1. The van der Waals surface area contributed by atoms with Gasteiger partial charge in [-0.2, -0.15) is 13.2 Å². The zero-order valence-corrected chi connectivity index (χ0v) is 12.4. The van der Waals surface area contributed by atoms with Crippen LogP contribution in [-0.2, 0) is 15.8 Å². The topological polar surface area (TPSA) is 58.6 Å². The summed E-state index contributed by atoms with van der Waals surface area (Å²) in [7, 11) is 0. The number of nitrogens with one attached hydrogen (secondary N) is 1. The lowest BCUT2D eigenvalue weighted by molar-refractivity contribution is -0.137. The fourth-order valence-corrected chi connectivity index (χ4v) is 2.19. The molecule has 23 heavy (non-hydrogen) atoms. The van der Waals surface area contributed by atoms with E-state index in [2.05, 4.69) is 5.32 Å². The highest BCUT2D eigenvalue weighted by Crippen LogP contribution is 2.30. The maximum atomic E-state index is 12.4. The predicted molar refractivity (Wildman–Crippen MR) is 75.8 cm³/mol. The second-order valence-electron chi connectivity index (χ2n) is 5.18. The van der Waals surface area contributed by atoms with Gasteiger partial charge < -0.3 is 15.0 Å². The van der Waals surface area contributed by atoms with Crippen LogP contribution in [0.5, 0.6) is 5.75 Å². The molecule has 0 unspecified atom stereocenters. The van der Waals surface area contributed by atoms with Crippen molar-refractivity contribution in [3.05, 3.63) is 29.8 Å². The molecule has 2 rings (SSSR count). The molecule has 0 atom stereocenters. The maximum Gasteiger partial charge on any atom is 0.416 e. The van der Waals surface area contributed by atoms with E-state index in [4.69, 9.17) is 4.74 Å². The Balaban J connectivity index is 1.72. The van der Waals surface area contributed by atoms with Gasteiger partial charge in [0, 0.05) is 13.1 Å². The van der Waals surface area contributed by atoms with E-state index in [1.807, 2.05) is 0 Å². The third kappa shape index (κ3) is 5.15. The van der Waals surface area contributed by atoms with Crippen molar-refractivity contribution in [2.45, 2.75) is 19.0 Å². The van der Waals surface area contributed by atoms with Crippen LogP contribution in [0.15, 0.2) is 24.3 Å². The average Bonchev–Trinajstić information content (AvgIpc) is 3.04. The number of rotatable bonds is 5. The van der Waals surface area contributed by atoms with E-state index in [-0.39, 0.29) is 24.8 Å². The molecule has 0 spiro atoms. The van der Waals surface area contributed by atoms with E-state index in [1.165, 1.54) is 0 Å². The molecule has 8 heteroatoms. The first kappa shape index (κ1) is 17.1. The van der Waals surface area contributed by atoms with Crippen molar-refractivity contribution in [1.29, 1.82) is 0 Å². The Hall–Kier alpha value is -2.25. The van der Waals surface area contributed by atoms with Crippen molar-refractivity contribution in [2.24, 2.45) is 0 Å². The summed E-state index contributed by atoms with van der Waals surface area (Å²) in [5, 5.41) is 2.43. The number of benzene rings is 1. The van der Waals surface area contributed by atoms with E-state index in [1.54, 1.807) is 4.90 Å². The lowest BCUT2D eigenvalue weighted by Crippen LogP contribution is -2.40. The number of hydrogen-bond acceptors (Lipinski definition) is 3. The molecular weight excluding hydrogens is 313 g/mol. The molecule has 1 aliphatic heterocycles. The number of carbonyl (C=O) groups excluding carboxylic acids is 2. The molecule has 2 amide bonds. The summed E-state index contributed by atoms with van der Waals surface area (Å²) in [6.45, 7) is 0.946. The first-order valence-electron chi connectivity index (χ1n) is 7.21. The van der Waals surface area contributed by atoms with Crippen LogP contribution in [-0.4, -0.2) is 43.0 Å². The van der Waals surface area contributed by atoms with Gasteiger partial charge in [0.2, 0.25) is 5.91 Å². The molecular formula is C15H17F3N2O3. The highest BCUT2D eigenvalue weighted by Gasteiger charge is 2.30. The number of nitrogens with zero attached hydrogens (tertiary/aromatic N) is 1. The summed E-state index contributed by atoms with van der Waals surface area (Å²) in [5.41, 5.74) is -0.787. The Morgan fingerprint density at radius 1 is 1.13 bits per heavy atom. The van der Waals surface area contributed by atoms with E-state index in [9.17, 15) is 22.8 Å². The second kappa shape index (κ2) is 7.34. The Morgan fingerprint density at radius 3 is 2.30 bits per heavy atom. The highest BCUT2D eigenvalue weighted by molar-refractivity contribution is 5.85. The summed E-state index contributed by atoms with van der Waals surface area (Å²) in [5.74, 6) is -0.498.